The normalized spacial score (nSPS) is 19.9. The van der Waals surface area contributed by atoms with Crippen molar-refractivity contribution in [1.29, 1.82) is 0 Å². The summed E-state index contributed by atoms with van der Waals surface area (Å²) >= 11 is 0. The van der Waals surface area contributed by atoms with E-state index in [0.717, 1.165) is 0 Å². The molecule has 1 fully saturated rings. The van der Waals surface area contributed by atoms with E-state index in [1.165, 1.54) is 12.1 Å². The van der Waals surface area contributed by atoms with E-state index in [4.69, 9.17) is 14.0 Å². The number of rotatable bonds is 4. The summed E-state index contributed by atoms with van der Waals surface area (Å²) in [7, 11) is -0.875. The summed E-state index contributed by atoms with van der Waals surface area (Å²) in [6, 6.07) is 2.51. The van der Waals surface area contributed by atoms with Crippen LogP contribution in [0.5, 0.6) is 5.75 Å². The first-order valence-corrected chi connectivity index (χ1v) is 7.16. The Hall–Kier alpha value is -1.14. The van der Waals surface area contributed by atoms with Gasteiger partial charge in [-0.15, -0.1) is 0 Å². The number of hydrogen-bond donors (Lipinski definition) is 0. The zero-order chi connectivity index (χ0) is 15.8. The van der Waals surface area contributed by atoms with E-state index in [-0.39, 0.29) is 17.8 Å². The molecule has 1 aromatic carbocycles. The lowest BCUT2D eigenvalue weighted by Crippen LogP contribution is -2.41. The van der Waals surface area contributed by atoms with Gasteiger partial charge in [-0.05, 0) is 40.2 Å². The van der Waals surface area contributed by atoms with E-state index < -0.39 is 30.0 Å². The molecule has 0 saturated carbocycles. The maximum atomic E-state index is 14.5. The first-order valence-electron chi connectivity index (χ1n) is 7.16. The van der Waals surface area contributed by atoms with Gasteiger partial charge in [-0.25, -0.2) is 8.78 Å². The quantitative estimate of drug-likeness (QED) is 0.800. The van der Waals surface area contributed by atoms with Gasteiger partial charge in [0.2, 0.25) is 0 Å². The van der Waals surface area contributed by atoms with Crippen molar-refractivity contribution in [1.82, 2.24) is 0 Å². The molecule has 0 N–H and O–H groups in total. The van der Waals surface area contributed by atoms with Crippen molar-refractivity contribution in [3.05, 3.63) is 23.8 Å². The molecule has 0 bridgehead atoms. The molecule has 0 amide bonds. The average molecular weight is 298 g/mol. The van der Waals surface area contributed by atoms with Crippen LogP contribution < -0.4 is 10.2 Å². The molecule has 1 aliphatic rings. The Morgan fingerprint density at radius 3 is 2.19 bits per heavy atom. The predicted octanol–water partition coefficient (Wildman–Crippen LogP) is 3.05. The second kappa shape index (κ2) is 5.57. The Labute approximate surface area is 124 Å². The molecule has 3 nitrogen and oxygen atoms in total. The maximum Gasteiger partial charge on any atom is 0.498 e. The highest BCUT2D eigenvalue weighted by atomic mass is 19.1. The molecule has 0 unspecified atom stereocenters. The van der Waals surface area contributed by atoms with Gasteiger partial charge in [0.15, 0.2) is 17.4 Å². The molecule has 0 spiro atoms. The SMILES string of the molecule is CCCOc1c(F)ccc(B2OC(C)(C)C(C)(C)O2)c1F. The fourth-order valence-corrected chi connectivity index (χ4v) is 2.04. The summed E-state index contributed by atoms with van der Waals surface area (Å²) in [4.78, 5) is 0. The average Bonchev–Trinajstić information content (AvgIpc) is 2.58. The van der Waals surface area contributed by atoms with Gasteiger partial charge in [0, 0.05) is 5.46 Å². The molecule has 1 aliphatic heterocycles. The zero-order valence-corrected chi connectivity index (χ0v) is 13.1. The Kier molecular flexibility index (Phi) is 4.31. The van der Waals surface area contributed by atoms with Crippen LogP contribution in [0.2, 0.25) is 0 Å². The topological polar surface area (TPSA) is 27.7 Å². The third-order valence-electron chi connectivity index (χ3n) is 4.04. The first-order chi connectivity index (χ1) is 9.69. The second-order valence-electron chi connectivity index (χ2n) is 6.22. The summed E-state index contributed by atoms with van der Waals surface area (Å²) in [6.07, 6.45) is 0.666. The molecule has 21 heavy (non-hydrogen) atoms. The van der Waals surface area contributed by atoms with Crippen LogP contribution in [-0.2, 0) is 9.31 Å². The van der Waals surface area contributed by atoms with Gasteiger partial charge in [-0.3, -0.25) is 0 Å². The molecule has 0 atom stereocenters. The van der Waals surface area contributed by atoms with Crippen LogP contribution in [0.15, 0.2) is 12.1 Å². The predicted molar refractivity (Wildman–Crippen MR) is 77.9 cm³/mol. The number of hydrogen-bond acceptors (Lipinski definition) is 3. The van der Waals surface area contributed by atoms with Crippen LogP contribution in [0.1, 0.15) is 41.0 Å². The van der Waals surface area contributed by atoms with Crippen LogP contribution >= 0.6 is 0 Å². The van der Waals surface area contributed by atoms with E-state index >= 15 is 0 Å². The highest BCUT2D eigenvalue weighted by Gasteiger charge is 2.52. The minimum absolute atomic E-state index is 0.154. The van der Waals surface area contributed by atoms with Crippen molar-refractivity contribution < 1.29 is 22.8 Å². The second-order valence-corrected chi connectivity index (χ2v) is 6.22. The number of halogens is 2. The van der Waals surface area contributed by atoms with Crippen molar-refractivity contribution in [3.63, 3.8) is 0 Å². The maximum absolute atomic E-state index is 14.5. The van der Waals surface area contributed by atoms with E-state index in [9.17, 15) is 8.78 Å². The molecule has 0 aromatic heterocycles. The van der Waals surface area contributed by atoms with Crippen LogP contribution in [0.25, 0.3) is 0 Å². The van der Waals surface area contributed by atoms with Gasteiger partial charge in [-0.1, -0.05) is 13.0 Å². The lowest BCUT2D eigenvalue weighted by molar-refractivity contribution is 0.00578. The first kappa shape index (κ1) is 16.2. The Balaban J connectivity index is 2.34. The van der Waals surface area contributed by atoms with Crippen LogP contribution in [0, 0.1) is 11.6 Å². The molecule has 1 aromatic rings. The van der Waals surface area contributed by atoms with Gasteiger partial charge in [0.25, 0.3) is 0 Å². The highest BCUT2D eigenvalue weighted by Crippen LogP contribution is 2.37. The van der Waals surface area contributed by atoms with E-state index in [1.54, 1.807) is 0 Å². The molecule has 6 heteroatoms. The van der Waals surface area contributed by atoms with Crippen molar-refractivity contribution in [2.45, 2.75) is 52.2 Å². The molecular formula is C15H21BF2O3. The molecular weight excluding hydrogens is 277 g/mol. The van der Waals surface area contributed by atoms with Crippen molar-refractivity contribution >= 4 is 12.6 Å². The van der Waals surface area contributed by atoms with Crippen LogP contribution in [-0.4, -0.2) is 24.9 Å². The van der Waals surface area contributed by atoms with Crippen molar-refractivity contribution in [2.24, 2.45) is 0 Å². The summed E-state index contributed by atoms with van der Waals surface area (Å²) in [5, 5.41) is 0. The molecule has 2 rings (SSSR count). The monoisotopic (exact) mass is 298 g/mol. The fourth-order valence-electron chi connectivity index (χ4n) is 2.04. The van der Waals surface area contributed by atoms with Crippen LogP contribution in [0.4, 0.5) is 8.78 Å². The Morgan fingerprint density at radius 2 is 1.67 bits per heavy atom. The van der Waals surface area contributed by atoms with Crippen molar-refractivity contribution in [3.8, 4) is 5.75 Å². The Morgan fingerprint density at radius 1 is 1.10 bits per heavy atom. The molecule has 116 valence electrons. The summed E-state index contributed by atoms with van der Waals surface area (Å²) < 4.78 is 44.9. The zero-order valence-electron chi connectivity index (χ0n) is 13.1. The smallest absolute Gasteiger partial charge is 0.488 e. The molecule has 1 heterocycles. The van der Waals surface area contributed by atoms with Gasteiger partial charge in [0.05, 0.1) is 17.8 Å². The standard InChI is InChI=1S/C15H21BF2O3/c1-6-9-19-13-11(17)8-7-10(12(13)18)16-20-14(2,3)15(4,5)21-16/h7-8H,6,9H2,1-5H3. The largest absolute Gasteiger partial charge is 0.498 e. The minimum Gasteiger partial charge on any atom is -0.488 e. The lowest BCUT2D eigenvalue weighted by Gasteiger charge is -2.32. The fraction of sp³-hybridized carbons (Fsp3) is 0.600. The Bertz CT molecular complexity index is 516. The summed E-state index contributed by atoms with van der Waals surface area (Å²) in [6.45, 7) is 9.63. The molecule has 1 saturated heterocycles. The van der Waals surface area contributed by atoms with E-state index in [2.05, 4.69) is 0 Å². The summed E-state index contributed by atoms with van der Waals surface area (Å²) in [5.41, 5.74) is -1.01. The molecule has 0 aliphatic carbocycles. The molecule has 0 radical (unpaired) electrons. The van der Waals surface area contributed by atoms with Gasteiger partial charge >= 0.3 is 7.12 Å². The highest BCUT2D eigenvalue weighted by molar-refractivity contribution is 6.62. The number of ether oxygens (including phenoxy) is 1. The summed E-state index contributed by atoms with van der Waals surface area (Å²) in [5.74, 6) is -1.85. The van der Waals surface area contributed by atoms with Gasteiger partial charge < -0.3 is 14.0 Å². The lowest BCUT2D eigenvalue weighted by atomic mass is 9.78. The third kappa shape index (κ3) is 2.92. The van der Waals surface area contributed by atoms with E-state index in [1.807, 2.05) is 34.6 Å². The van der Waals surface area contributed by atoms with Crippen molar-refractivity contribution in [2.75, 3.05) is 6.61 Å². The van der Waals surface area contributed by atoms with Crippen LogP contribution in [0.3, 0.4) is 0 Å². The van der Waals surface area contributed by atoms with Gasteiger partial charge in [-0.2, -0.15) is 0 Å². The third-order valence-corrected chi connectivity index (χ3v) is 4.04. The van der Waals surface area contributed by atoms with E-state index in [0.29, 0.717) is 6.42 Å². The minimum atomic E-state index is -0.875. The number of benzene rings is 1. The van der Waals surface area contributed by atoms with Gasteiger partial charge in [0.1, 0.15) is 0 Å².